The lowest BCUT2D eigenvalue weighted by Gasteiger charge is -2.09. The predicted octanol–water partition coefficient (Wildman–Crippen LogP) is 4.07. The van der Waals surface area contributed by atoms with Gasteiger partial charge in [-0.05, 0) is 52.3 Å². The number of carbonyl (C=O) groups is 1. The highest BCUT2D eigenvalue weighted by Gasteiger charge is 2.13. The third kappa shape index (κ3) is 3.23. The van der Waals surface area contributed by atoms with E-state index in [9.17, 15) is 9.90 Å². The van der Waals surface area contributed by atoms with E-state index in [4.69, 9.17) is 16.3 Å². The topological polar surface area (TPSA) is 58.6 Å². The number of hydrogen-bond donors (Lipinski definition) is 2. The van der Waals surface area contributed by atoms with E-state index < -0.39 is 5.91 Å². The van der Waals surface area contributed by atoms with E-state index in [0.717, 1.165) is 4.47 Å². The number of phenolic OH excluding ortho intramolecular Hbond substituents is 1. The molecule has 0 heterocycles. The molecule has 20 heavy (non-hydrogen) atoms. The largest absolute Gasteiger partial charge is 0.507 e. The Bertz CT molecular complexity index is 661. The van der Waals surface area contributed by atoms with Crippen molar-refractivity contribution in [3.8, 4) is 11.5 Å². The van der Waals surface area contributed by atoms with Crippen molar-refractivity contribution >= 4 is 39.1 Å². The van der Waals surface area contributed by atoms with Crippen molar-refractivity contribution in [3.63, 3.8) is 0 Å². The summed E-state index contributed by atoms with van der Waals surface area (Å²) < 4.78 is 5.76. The minimum absolute atomic E-state index is 0.119. The SMILES string of the molecule is COc1ccc(O)c(C(=O)Nc2ccc(Br)c(Cl)c2)c1. The van der Waals surface area contributed by atoms with Crippen LogP contribution in [0.1, 0.15) is 10.4 Å². The van der Waals surface area contributed by atoms with Crippen molar-refractivity contribution < 1.29 is 14.6 Å². The number of carbonyl (C=O) groups excluding carboxylic acids is 1. The molecule has 1 amide bonds. The Morgan fingerprint density at radius 1 is 1.30 bits per heavy atom. The molecule has 4 nitrogen and oxygen atoms in total. The highest BCUT2D eigenvalue weighted by Crippen LogP contribution is 2.27. The number of rotatable bonds is 3. The van der Waals surface area contributed by atoms with Crippen LogP contribution in [0.3, 0.4) is 0 Å². The van der Waals surface area contributed by atoms with Crippen LogP contribution >= 0.6 is 27.5 Å². The summed E-state index contributed by atoms with van der Waals surface area (Å²) in [4.78, 5) is 12.1. The Morgan fingerprint density at radius 3 is 2.70 bits per heavy atom. The number of anilines is 1. The molecular weight excluding hydrogens is 346 g/mol. The number of ether oxygens (including phenoxy) is 1. The Morgan fingerprint density at radius 2 is 2.05 bits per heavy atom. The van der Waals surface area contributed by atoms with E-state index in [1.165, 1.54) is 19.2 Å². The van der Waals surface area contributed by atoms with Crippen molar-refractivity contribution in [2.24, 2.45) is 0 Å². The molecule has 104 valence electrons. The van der Waals surface area contributed by atoms with Gasteiger partial charge in [-0.2, -0.15) is 0 Å². The second-order valence-corrected chi connectivity index (χ2v) is 5.23. The summed E-state index contributed by atoms with van der Waals surface area (Å²) in [6.07, 6.45) is 0. The summed E-state index contributed by atoms with van der Waals surface area (Å²) in [7, 11) is 1.49. The first-order valence-corrected chi connectivity index (χ1v) is 6.82. The first kappa shape index (κ1) is 14.7. The number of halogens is 2. The molecule has 6 heteroatoms. The smallest absolute Gasteiger partial charge is 0.259 e. The maximum absolute atomic E-state index is 12.1. The lowest BCUT2D eigenvalue weighted by molar-refractivity contribution is 0.102. The van der Waals surface area contributed by atoms with E-state index in [-0.39, 0.29) is 11.3 Å². The number of amides is 1. The van der Waals surface area contributed by atoms with Gasteiger partial charge in [0.15, 0.2) is 0 Å². The normalized spacial score (nSPS) is 10.2. The lowest BCUT2D eigenvalue weighted by Crippen LogP contribution is -2.12. The van der Waals surface area contributed by atoms with Crippen molar-refractivity contribution in [2.75, 3.05) is 12.4 Å². The lowest BCUT2D eigenvalue weighted by atomic mass is 10.1. The zero-order valence-electron chi connectivity index (χ0n) is 10.5. The maximum atomic E-state index is 12.1. The summed E-state index contributed by atoms with van der Waals surface area (Å²) in [5, 5.41) is 12.9. The van der Waals surface area contributed by atoms with Gasteiger partial charge in [0.05, 0.1) is 17.7 Å². The Balaban J connectivity index is 2.25. The van der Waals surface area contributed by atoms with Gasteiger partial charge in [0.25, 0.3) is 5.91 Å². The standard InChI is InChI=1S/C14H11BrClNO3/c1-20-9-3-5-13(18)10(7-9)14(19)17-8-2-4-11(15)12(16)6-8/h2-7,18H,1H3,(H,17,19). The van der Waals surface area contributed by atoms with E-state index in [1.54, 1.807) is 24.3 Å². The fraction of sp³-hybridized carbons (Fsp3) is 0.0714. The van der Waals surface area contributed by atoms with Crippen LogP contribution in [0, 0.1) is 0 Å². The molecule has 0 radical (unpaired) electrons. The van der Waals surface area contributed by atoms with Crippen molar-refractivity contribution in [1.82, 2.24) is 0 Å². The van der Waals surface area contributed by atoms with Crippen LogP contribution in [0.5, 0.6) is 11.5 Å². The molecule has 0 bridgehead atoms. The van der Waals surface area contributed by atoms with Gasteiger partial charge in [-0.15, -0.1) is 0 Å². The number of hydrogen-bond acceptors (Lipinski definition) is 3. The predicted molar refractivity (Wildman–Crippen MR) is 81.8 cm³/mol. The molecule has 0 fully saturated rings. The summed E-state index contributed by atoms with van der Waals surface area (Å²) in [5.74, 6) is -0.0758. The number of nitrogens with one attached hydrogen (secondary N) is 1. The molecule has 0 saturated carbocycles. The molecule has 0 aliphatic heterocycles. The van der Waals surface area contributed by atoms with Gasteiger partial charge in [0, 0.05) is 10.2 Å². The highest BCUT2D eigenvalue weighted by molar-refractivity contribution is 9.10. The monoisotopic (exact) mass is 355 g/mol. The first-order chi connectivity index (χ1) is 9.51. The molecule has 0 aliphatic rings. The van der Waals surface area contributed by atoms with Crippen LogP contribution in [-0.2, 0) is 0 Å². The average Bonchev–Trinajstić information content (AvgIpc) is 2.43. The van der Waals surface area contributed by atoms with Crippen LogP contribution in [-0.4, -0.2) is 18.1 Å². The van der Waals surface area contributed by atoms with Crippen LogP contribution in [0.2, 0.25) is 5.02 Å². The van der Waals surface area contributed by atoms with Crippen LogP contribution in [0.15, 0.2) is 40.9 Å². The number of aromatic hydroxyl groups is 1. The number of phenols is 1. The minimum atomic E-state index is -0.445. The molecular formula is C14H11BrClNO3. The number of benzene rings is 2. The summed E-state index contributed by atoms with van der Waals surface area (Å²) >= 11 is 9.22. The van der Waals surface area contributed by atoms with E-state index >= 15 is 0 Å². The zero-order chi connectivity index (χ0) is 14.7. The molecule has 0 saturated heterocycles. The molecule has 0 spiro atoms. The summed E-state index contributed by atoms with van der Waals surface area (Å²) in [6.45, 7) is 0. The Kier molecular flexibility index (Phi) is 4.52. The van der Waals surface area contributed by atoms with Gasteiger partial charge in [-0.25, -0.2) is 0 Å². The fourth-order valence-electron chi connectivity index (χ4n) is 1.60. The third-order valence-electron chi connectivity index (χ3n) is 2.63. The van der Waals surface area contributed by atoms with Gasteiger partial charge in [0.2, 0.25) is 0 Å². The molecule has 0 aromatic heterocycles. The highest BCUT2D eigenvalue weighted by atomic mass is 79.9. The van der Waals surface area contributed by atoms with Gasteiger partial charge < -0.3 is 15.2 Å². The van der Waals surface area contributed by atoms with Gasteiger partial charge in [0.1, 0.15) is 11.5 Å². The Labute approximate surface area is 129 Å². The van der Waals surface area contributed by atoms with E-state index in [1.807, 2.05) is 0 Å². The summed E-state index contributed by atoms with van der Waals surface area (Å²) in [6, 6.07) is 9.48. The quantitative estimate of drug-likeness (QED) is 0.871. The van der Waals surface area contributed by atoms with Gasteiger partial charge >= 0.3 is 0 Å². The zero-order valence-corrected chi connectivity index (χ0v) is 12.8. The molecule has 0 unspecified atom stereocenters. The first-order valence-electron chi connectivity index (χ1n) is 5.64. The van der Waals surface area contributed by atoms with Crippen molar-refractivity contribution in [3.05, 3.63) is 51.5 Å². The molecule has 2 aromatic rings. The van der Waals surface area contributed by atoms with Crippen molar-refractivity contribution in [2.45, 2.75) is 0 Å². The van der Waals surface area contributed by atoms with Crippen LogP contribution in [0.4, 0.5) is 5.69 Å². The number of methoxy groups -OCH3 is 1. The minimum Gasteiger partial charge on any atom is -0.507 e. The van der Waals surface area contributed by atoms with Crippen LogP contribution in [0.25, 0.3) is 0 Å². The second-order valence-electron chi connectivity index (χ2n) is 3.97. The molecule has 2 aromatic carbocycles. The fourth-order valence-corrected chi connectivity index (χ4v) is 2.02. The van der Waals surface area contributed by atoms with Gasteiger partial charge in [-0.3, -0.25) is 4.79 Å². The molecule has 2 N–H and O–H groups in total. The maximum Gasteiger partial charge on any atom is 0.259 e. The van der Waals surface area contributed by atoms with Crippen molar-refractivity contribution in [1.29, 1.82) is 0 Å². The molecule has 2 rings (SSSR count). The third-order valence-corrected chi connectivity index (χ3v) is 3.86. The summed E-state index contributed by atoms with van der Waals surface area (Å²) in [5.41, 5.74) is 0.661. The van der Waals surface area contributed by atoms with Crippen LogP contribution < -0.4 is 10.1 Å². The molecule has 0 atom stereocenters. The average molecular weight is 357 g/mol. The van der Waals surface area contributed by atoms with Gasteiger partial charge in [-0.1, -0.05) is 11.6 Å². The van der Waals surface area contributed by atoms with E-state index in [2.05, 4.69) is 21.2 Å². The Hall–Kier alpha value is -1.72. The molecule has 0 aliphatic carbocycles. The van der Waals surface area contributed by atoms with E-state index in [0.29, 0.717) is 16.5 Å². The second kappa shape index (κ2) is 6.15.